The Morgan fingerprint density at radius 3 is 2.94 bits per heavy atom. The van der Waals surface area contributed by atoms with Crippen LogP contribution in [-0.2, 0) is 6.54 Å². The smallest absolute Gasteiger partial charge is 0.253 e. The third kappa shape index (κ3) is 3.11. The number of amides is 1. The maximum Gasteiger partial charge on any atom is 0.253 e. The Kier molecular flexibility index (Phi) is 3.50. The van der Waals surface area contributed by atoms with Gasteiger partial charge in [0, 0.05) is 12.4 Å². The first kappa shape index (κ1) is 11.7. The van der Waals surface area contributed by atoms with Crippen LogP contribution in [0.1, 0.15) is 15.4 Å². The summed E-state index contributed by atoms with van der Waals surface area (Å²) in [5.41, 5.74) is 5.82. The van der Waals surface area contributed by atoms with Gasteiger partial charge in [-0.2, -0.15) is 0 Å². The maximum atomic E-state index is 11.7. The van der Waals surface area contributed by atoms with Gasteiger partial charge in [-0.15, -0.1) is 10.2 Å². The summed E-state index contributed by atoms with van der Waals surface area (Å²) >= 11 is 6.96. The molecule has 0 atom stereocenters. The van der Waals surface area contributed by atoms with Crippen molar-refractivity contribution >= 4 is 34.0 Å². The van der Waals surface area contributed by atoms with Gasteiger partial charge in [0.15, 0.2) is 0 Å². The van der Waals surface area contributed by atoms with Crippen LogP contribution in [-0.4, -0.2) is 21.1 Å². The van der Waals surface area contributed by atoms with Gasteiger partial charge in [-0.3, -0.25) is 9.78 Å². The molecule has 2 rings (SSSR count). The van der Waals surface area contributed by atoms with Gasteiger partial charge in [0.2, 0.25) is 5.13 Å². The van der Waals surface area contributed by atoms with Crippen molar-refractivity contribution < 1.29 is 4.79 Å². The molecule has 0 aliphatic carbocycles. The fourth-order valence-corrected chi connectivity index (χ4v) is 1.85. The fraction of sp³-hybridized carbons (Fsp3) is 0.111. The van der Waals surface area contributed by atoms with Gasteiger partial charge in [0.1, 0.15) is 5.01 Å². The van der Waals surface area contributed by atoms with E-state index in [4.69, 9.17) is 17.3 Å². The molecular formula is C9H8ClN5OS. The van der Waals surface area contributed by atoms with Gasteiger partial charge < -0.3 is 11.1 Å². The molecule has 0 saturated heterocycles. The van der Waals surface area contributed by atoms with Crippen LogP contribution in [0, 0.1) is 0 Å². The normalized spacial score (nSPS) is 10.2. The van der Waals surface area contributed by atoms with Gasteiger partial charge in [-0.25, -0.2) is 0 Å². The summed E-state index contributed by atoms with van der Waals surface area (Å²) in [6.07, 6.45) is 2.90. The molecular weight excluding hydrogens is 262 g/mol. The average molecular weight is 270 g/mol. The maximum absolute atomic E-state index is 11.7. The lowest BCUT2D eigenvalue weighted by Crippen LogP contribution is -2.22. The molecule has 0 saturated carbocycles. The van der Waals surface area contributed by atoms with Crippen LogP contribution in [0.2, 0.25) is 5.02 Å². The summed E-state index contributed by atoms with van der Waals surface area (Å²) in [5.74, 6) is -0.270. The third-order valence-electron chi connectivity index (χ3n) is 1.85. The van der Waals surface area contributed by atoms with Crippen molar-refractivity contribution in [1.82, 2.24) is 20.5 Å². The van der Waals surface area contributed by atoms with E-state index in [1.54, 1.807) is 6.07 Å². The predicted octanol–water partition coefficient (Wildman–Crippen LogP) is 1.10. The number of aromatic nitrogens is 3. The van der Waals surface area contributed by atoms with Gasteiger partial charge in [0.05, 0.1) is 17.1 Å². The Balaban J connectivity index is 1.98. The van der Waals surface area contributed by atoms with E-state index in [9.17, 15) is 4.79 Å². The lowest BCUT2D eigenvalue weighted by atomic mass is 10.3. The lowest BCUT2D eigenvalue weighted by molar-refractivity contribution is 0.0950. The van der Waals surface area contributed by atoms with Crippen LogP contribution in [0.4, 0.5) is 5.13 Å². The van der Waals surface area contributed by atoms with E-state index in [1.807, 2.05) is 0 Å². The van der Waals surface area contributed by atoms with E-state index in [0.717, 1.165) is 0 Å². The minimum absolute atomic E-state index is 0.270. The molecule has 3 N–H and O–H groups in total. The largest absolute Gasteiger partial charge is 0.374 e. The lowest BCUT2D eigenvalue weighted by Gasteiger charge is -2.02. The summed E-state index contributed by atoms with van der Waals surface area (Å²) in [6, 6.07) is 1.54. The van der Waals surface area contributed by atoms with E-state index >= 15 is 0 Å². The first-order chi connectivity index (χ1) is 8.15. The summed E-state index contributed by atoms with van der Waals surface area (Å²) in [5, 5.41) is 11.5. The molecule has 0 aliphatic rings. The second kappa shape index (κ2) is 5.07. The van der Waals surface area contributed by atoms with Crippen molar-refractivity contribution in [2.75, 3.05) is 5.73 Å². The number of nitrogens with two attached hydrogens (primary N) is 1. The number of hydrogen-bond donors (Lipinski definition) is 2. The minimum Gasteiger partial charge on any atom is -0.374 e. The van der Waals surface area contributed by atoms with E-state index in [1.165, 1.54) is 23.7 Å². The Labute approximate surface area is 106 Å². The molecule has 17 heavy (non-hydrogen) atoms. The van der Waals surface area contributed by atoms with Crippen molar-refractivity contribution in [2.45, 2.75) is 6.54 Å². The molecule has 2 aromatic heterocycles. The number of rotatable bonds is 3. The van der Waals surface area contributed by atoms with Crippen LogP contribution < -0.4 is 11.1 Å². The first-order valence-electron chi connectivity index (χ1n) is 4.62. The molecule has 0 radical (unpaired) electrons. The van der Waals surface area contributed by atoms with E-state index in [-0.39, 0.29) is 12.5 Å². The number of hydrogen-bond acceptors (Lipinski definition) is 6. The first-order valence-corrected chi connectivity index (χ1v) is 5.81. The average Bonchev–Trinajstić information content (AvgIpc) is 2.72. The molecule has 1 amide bonds. The number of nitrogen functional groups attached to an aromatic ring is 1. The molecule has 88 valence electrons. The summed E-state index contributed by atoms with van der Waals surface area (Å²) in [6.45, 7) is 0.278. The predicted molar refractivity (Wildman–Crippen MR) is 64.7 cm³/mol. The summed E-state index contributed by atoms with van der Waals surface area (Å²) in [4.78, 5) is 15.5. The minimum atomic E-state index is -0.270. The third-order valence-corrected chi connectivity index (χ3v) is 2.81. The Bertz CT molecular complexity index is 544. The molecule has 0 unspecified atom stereocenters. The Morgan fingerprint density at radius 1 is 1.47 bits per heavy atom. The highest BCUT2D eigenvalue weighted by Gasteiger charge is 2.08. The molecule has 0 aliphatic heterocycles. The monoisotopic (exact) mass is 269 g/mol. The Morgan fingerprint density at radius 2 is 2.29 bits per heavy atom. The van der Waals surface area contributed by atoms with Crippen molar-refractivity contribution in [3.8, 4) is 0 Å². The van der Waals surface area contributed by atoms with Crippen molar-refractivity contribution in [1.29, 1.82) is 0 Å². The second-order valence-corrected chi connectivity index (χ2v) is 4.64. The summed E-state index contributed by atoms with van der Waals surface area (Å²) in [7, 11) is 0. The molecule has 8 heteroatoms. The van der Waals surface area contributed by atoms with Crippen molar-refractivity contribution in [2.24, 2.45) is 0 Å². The highest BCUT2D eigenvalue weighted by Crippen LogP contribution is 2.11. The number of anilines is 1. The van der Waals surface area contributed by atoms with Crippen molar-refractivity contribution in [3.05, 3.63) is 34.1 Å². The van der Waals surface area contributed by atoms with Crippen LogP contribution in [0.5, 0.6) is 0 Å². The zero-order chi connectivity index (χ0) is 12.3. The zero-order valence-corrected chi connectivity index (χ0v) is 10.1. The number of nitrogens with zero attached hydrogens (tertiary/aromatic N) is 3. The molecule has 0 bridgehead atoms. The standard InChI is InChI=1S/C9H8ClN5OS/c10-6-1-5(2-12-3-6)8(16)13-4-7-14-15-9(11)17-7/h1-3H,4H2,(H2,11,15)(H,13,16). The number of nitrogens with one attached hydrogen (secondary N) is 1. The van der Waals surface area contributed by atoms with Crippen LogP contribution in [0.3, 0.4) is 0 Å². The second-order valence-electron chi connectivity index (χ2n) is 3.11. The molecule has 0 aromatic carbocycles. The Hall–Kier alpha value is -1.73. The van der Waals surface area contributed by atoms with Gasteiger partial charge in [-0.1, -0.05) is 22.9 Å². The highest BCUT2D eigenvalue weighted by atomic mass is 35.5. The molecule has 2 heterocycles. The molecule has 2 aromatic rings. The van der Waals surface area contributed by atoms with Crippen LogP contribution in [0.25, 0.3) is 0 Å². The number of carbonyl (C=O) groups is 1. The molecule has 6 nitrogen and oxygen atoms in total. The number of halogens is 1. The topological polar surface area (TPSA) is 93.8 Å². The van der Waals surface area contributed by atoms with Gasteiger partial charge in [-0.05, 0) is 6.07 Å². The van der Waals surface area contributed by atoms with Crippen molar-refractivity contribution in [3.63, 3.8) is 0 Å². The summed E-state index contributed by atoms with van der Waals surface area (Å²) < 4.78 is 0. The van der Waals surface area contributed by atoms with E-state index in [2.05, 4.69) is 20.5 Å². The van der Waals surface area contributed by atoms with Gasteiger partial charge in [0.25, 0.3) is 5.91 Å². The molecule has 0 spiro atoms. The van der Waals surface area contributed by atoms with E-state index < -0.39 is 0 Å². The zero-order valence-electron chi connectivity index (χ0n) is 8.55. The van der Waals surface area contributed by atoms with Gasteiger partial charge >= 0.3 is 0 Å². The van der Waals surface area contributed by atoms with Crippen LogP contribution in [0.15, 0.2) is 18.5 Å². The molecule has 0 fully saturated rings. The number of carbonyl (C=O) groups excluding carboxylic acids is 1. The fourth-order valence-electron chi connectivity index (χ4n) is 1.13. The SMILES string of the molecule is Nc1nnc(CNC(=O)c2cncc(Cl)c2)s1. The quantitative estimate of drug-likeness (QED) is 0.870. The van der Waals surface area contributed by atoms with E-state index in [0.29, 0.717) is 20.7 Å². The highest BCUT2D eigenvalue weighted by molar-refractivity contribution is 7.15. The van der Waals surface area contributed by atoms with Crippen LogP contribution >= 0.6 is 22.9 Å². The number of pyridine rings is 1.